The summed E-state index contributed by atoms with van der Waals surface area (Å²) in [5.74, 6) is -1.01. The van der Waals surface area contributed by atoms with Gasteiger partial charge in [0, 0.05) is 26.0 Å². The Labute approximate surface area is 183 Å². The number of benzene rings is 1. The Morgan fingerprint density at radius 1 is 1.23 bits per heavy atom. The third-order valence-electron chi connectivity index (χ3n) is 5.61. The first-order valence-corrected chi connectivity index (χ1v) is 10.8. The first kappa shape index (κ1) is 21.0. The average molecular weight is 448 g/mol. The summed E-state index contributed by atoms with van der Waals surface area (Å²) in [5, 5.41) is 3.56. The number of nitrogens with zero attached hydrogens (tertiary/aromatic N) is 2. The van der Waals surface area contributed by atoms with Crippen LogP contribution >= 0.6 is 22.9 Å². The number of fused-ring (bicyclic) bond motifs is 1. The lowest BCUT2D eigenvalue weighted by molar-refractivity contribution is -0.155. The van der Waals surface area contributed by atoms with Crippen molar-refractivity contribution in [3.05, 3.63) is 45.4 Å². The highest BCUT2D eigenvalue weighted by atomic mass is 35.5. The fourth-order valence-corrected chi connectivity index (χ4v) is 5.34. The number of anilines is 1. The lowest BCUT2D eigenvalue weighted by Crippen LogP contribution is -2.62. The summed E-state index contributed by atoms with van der Waals surface area (Å²) in [6, 6.07) is 6.35. The summed E-state index contributed by atoms with van der Waals surface area (Å²) in [6.45, 7) is 6.06. The molecular weight excluding hydrogens is 426 g/mol. The van der Waals surface area contributed by atoms with E-state index in [1.165, 1.54) is 23.3 Å². The van der Waals surface area contributed by atoms with Gasteiger partial charge in [0.1, 0.15) is 5.15 Å². The van der Waals surface area contributed by atoms with Gasteiger partial charge in [-0.1, -0.05) is 55.8 Å². The minimum atomic E-state index is -1.12. The molecule has 3 amide bonds. The predicted octanol–water partition coefficient (Wildman–Crippen LogP) is 3.88. The number of carbonyl (C=O) groups excluding carboxylic acids is 3. The van der Waals surface area contributed by atoms with Crippen molar-refractivity contribution in [1.29, 1.82) is 0 Å². The van der Waals surface area contributed by atoms with Crippen molar-refractivity contribution in [3.8, 4) is 0 Å². The molecule has 9 heteroatoms. The van der Waals surface area contributed by atoms with E-state index < -0.39 is 11.6 Å². The topological polar surface area (TPSA) is 88.6 Å². The molecular formula is C21H22ClN3O4S. The Bertz CT molecular complexity index is 1020. The molecule has 7 nitrogen and oxygen atoms in total. The van der Waals surface area contributed by atoms with Crippen LogP contribution in [-0.2, 0) is 14.9 Å². The summed E-state index contributed by atoms with van der Waals surface area (Å²) >= 11 is 7.55. The first-order chi connectivity index (χ1) is 14.1. The van der Waals surface area contributed by atoms with Crippen LogP contribution in [0.15, 0.2) is 24.3 Å². The second kappa shape index (κ2) is 7.14. The van der Waals surface area contributed by atoms with Crippen molar-refractivity contribution >= 4 is 45.8 Å². The minimum Gasteiger partial charge on any atom is -0.368 e. The number of hydrogen-bond acceptors (Lipinski definition) is 6. The molecule has 0 unspecified atom stereocenters. The number of hydrogen-bond donors (Lipinski definition) is 1. The largest absolute Gasteiger partial charge is 0.368 e. The maximum Gasteiger partial charge on any atom is 0.261 e. The van der Waals surface area contributed by atoms with Crippen LogP contribution in [0.5, 0.6) is 0 Å². The maximum atomic E-state index is 13.0. The van der Waals surface area contributed by atoms with Crippen molar-refractivity contribution < 1.29 is 19.1 Å². The van der Waals surface area contributed by atoms with Crippen LogP contribution in [0.25, 0.3) is 0 Å². The number of imide groups is 1. The van der Waals surface area contributed by atoms with E-state index in [9.17, 15) is 14.4 Å². The van der Waals surface area contributed by atoms with E-state index >= 15 is 0 Å². The molecule has 1 aromatic carbocycles. The van der Waals surface area contributed by atoms with Gasteiger partial charge in [-0.15, -0.1) is 0 Å². The Balaban J connectivity index is 1.48. The third-order valence-corrected chi connectivity index (χ3v) is 7.40. The molecule has 1 fully saturated rings. The molecule has 158 valence electrons. The van der Waals surface area contributed by atoms with E-state index in [1.54, 1.807) is 24.3 Å². The van der Waals surface area contributed by atoms with Gasteiger partial charge in [0.15, 0.2) is 10.7 Å². The molecule has 0 spiro atoms. The van der Waals surface area contributed by atoms with Gasteiger partial charge in [0.25, 0.3) is 17.7 Å². The van der Waals surface area contributed by atoms with Gasteiger partial charge in [-0.05, 0) is 17.5 Å². The van der Waals surface area contributed by atoms with Gasteiger partial charge in [-0.3, -0.25) is 24.6 Å². The smallest absolute Gasteiger partial charge is 0.261 e. The van der Waals surface area contributed by atoms with Crippen molar-refractivity contribution in [2.45, 2.75) is 50.7 Å². The van der Waals surface area contributed by atoms with Gasteiger partial charge in [-0.2, -0.15) is 0 Å². The second-order valence-corrected chi connectivity index (χ2v) is 9.99. The van der Waals surface area contributed by atoms with Crippen LogP contribution in [0.4, 0.5) is 5.13 Å². The molecule has 2 aromatic rings. The van der Waals surface area contributed by atoms with Crippen LogP contribution in [0.3, 0.4) is 0 Å². The highest BCUT2D eigenvalue weighted by molar-refractivity contribution is 7.16. The lowest BCUT2D eigenvalue weighted by atomic mass is 9.73. The van der Waals surface area contributed by atoms with Crippen LogP contribution in [-0.4, -0.2) is 46.4 Å². The molecule has 1 aliphatic carbocycles. The molecule has 0 saturated heterocycles. The van der Waals surface area contributed by atoms with E-state index in [2.05, 4.69) is 10.3 Å². The number of carbonyl (C=O) groups is 3. The third kappa shape index (κ3) is 3.23. The van der Waals surface area contributed by atoms with Gasteiger partial charge in [0.05, 0.1) is 16.0 Å². The van der Waals surface area contributed by atoms with Gasteiger partial charge < -0.3 is 4.74 Å². The maximum absolute atomic E-state index is 13.0. The highest BCUT2D eigenvalue weighted by Gasteiger charge is 2.56. The normalized spacial score (nSPS) is 23.4. The number of methoxy groups -OCH3 is 1. The van der Waals surface area contributed by atoms with Crippen molar-refractivity contribution in [2.75, 3.05) is 12.4 Å². The Kier molecular flexibility index (Phi) is 4.99. The fraction of sp³-hybridized carbons (Fsp3) is 0.429. The summed E-state index contributed by atoms with van der Waals surface area (Å²) in [4.78, 5) is 44.7. The van der Waals surface area contributed by atoms with Crippen LogP contribution in [0, 0.1) is 0 Å². The Hall–Kier alpha value is -2.29. The molecule has 1 N–H and O–H groups in total. The summed E-state index contributed by atoms with van der Waals surface area (Å²) in [7, 11) is 1.45. The molecule has 4 rings (SSSR count). The number of halogens is 1. The summed E-state index contributed by atoms with van der Waals surface area (Å²) < 4.78 is 5.53. The molecule has 1 aliphatic heterocycles. The fourth-order valence-electron chi connectivity index (χ4n) is 3.90. The monoisotopic (exact) mass is 447 g/mol. The number of aromatic nitrogens is 1. The zero-order chi connectivity index (χ0) is 21.8. The van der Waals surface area contributed by atoms with E-state index in [1.807, 2.05) is 20.8 Å². The van der Waals surface area contributed by atoms with Crippen molar-refractivity contribution in [1.82, 2.24) is 9.88 Å². The van der Waals surface area contributed by atoms with E-state index in [0.29, 0.717) is 21.4 Å². The second-order valence-electron chi connectivity index (χ2n) is 8.63. The van der Waals surface area contributed by atoms with E-state index in [-0.39, 0.29) is 36.0 Å². The van der Waals surface area contributed by atoms with Crippen molar-refractivity contribution in [3.63, 3.8) is 0 Å². The molecule has 2 heterocycles. The minimum absolute atomic E-state index is 0.191. The summed E-state index contributed by atoms with van der Waals surface area (Å²) in [6.07, 6.45) is 0.456. The molecule has 30 heavy (non-hydrogen) atoms. The number of thiazole rings is 1. The summed E-state index contributed by atoms with van der Waals surface area (Å²) in [5.41, 5.74) is -0.521. The molecule has 0 radical (unpaired) electrons. The Morgan fingerprint density at radius 2 is 1.80 bits per heavy atom. The zero-order valence-corrected chi connectivity index (χ0v) is 18.7. The number of ether oxygens (including phenoxy) is 1. The van der Waals surface area contributed by atoms with Gasteiger partial charge in [0.2, 0.25) is 0 Å². The van der Waals surface area contributed by atoms with Crippen molar-refractivity contribution in [2.24, 2.45) is 0 Å². The van der Waals surface area contributed by atoms with Crippen LogP contribution in [0.1, 0.15) is 59.2 Å². The van der Waals surface area contributed by atoms with Crippen LogP contribution in [0.2, 0.25) is 5.15 Å². The Morgan fingerprint density at radius 3 is 2.27 bits per heavy atom. The van der Waals surface area contributed by atoms with E-state index in [4.69, 9.17) is 16.3 Å². The quantitative estimate of drug-likeness (QED) is 0.718. The predicted molar refractivity (Wildman–Crippen MR) is 114 cm³/mol. The first-order valence-electron chi connectivity index (χ1n) is 9.58. The number of nitrogens with one attached hydrogen (secondary N) is 1. The SMILES string of the molecule is COC1(C(=O)Nc2nc(Cl)c(C(C)(C)C)s2)CC(N2C(=O)c3ccccc3C2=O)C1. The molecule has 0 bridgehead atoms. The molecule has 1 aromatic heterocycles. The highest BCUT2D eigenvalue weighted by Crippen LogP contribution is 2.43. The molecule has 1 saturated carbocycles. The zero-order valence-electron chi connectivity index (χ0n) is 17.1. The van der Waals surface area contributed by atoms with Crippen LogP contribution < -0.4 is 5.32 Å². The molecule has 0 atom stereocenters. The average Bonchev–Trinajstić information content (AvgIpc) is 3.14. The number of rotatable bonds is 4. The number of amides is 3. The van der Waals surface area contributed by atoms with Gasteiger partial charge >= 0.3 is 0 Å². The standard InChI is InChI=1S/C21H22ClN3O4S/c1-20(2,3)14-15(22)23-19(30-14)24-18(28)21(29-4)9-11(10-21)25-16(26)12-7-5-6-8-13(12)17(25)27/h5-8,11H,9-10H2,1-4H3,(H,23,24,28). The molecule has 2 aliphatic rings. The van der Waals surface area contributed by atoms with Gasteiger partial charge in [-0.25, -0.2) is 4.98 Å². The lowest BCUT2D eigenvalue weighted by Gasteiger charge is -2.47. The van der Waals surface area contributed by atoms with E-state index in [0.717, 1.165) is 4.88 Å².